The van der Waals surface area contributed by atoms with Crippen molar-refractivity contribution in [3.63, 3.8) is 0 Å². The fraction of sp³-hybridized carbons (Fsp3) is 0.357. The minimum absolute atomic E-state index is 0.138. The number of carbonyl (C=O) groups is 1. The maximum absolute atomic E-state index is 13.5. The van der Waals surface area contributed by atoms with Gasteiger partial charge in [-0.3, -0.25) is 14.7 Å². The summed E-state index contributed by atoms with van der Waals surface area (Å²) in [6.45, 7) is 6.83. The minimum atomic E-state index is -0.385. The summed E-state index contributed by atoms with van der Waals surface area (Å²) in [4.78, 5) is 20.1. The number of hydrogen-bond acceptors (Lipinski definition) is 3. The first kappa shape index (κ1) is 22.2. The molecule has 4 nitrogen and oxygen atoms in total. The van der Waals surface area contributed by atoms with Crippen LogP contribution < -0.4 is 5.32 Å². The number of nitrogens with one attached hydrogen (secondary N) is 1. The van der Waals surface area contributed by atoms with Crippen molar-refractivity contribution >= 4 is 5.91 Å². The number of aromatic nitrogens is 1. The lowest BCUT2D eigenvalue weighted by molar-refractivity contribution is -0.134. The van der Waals surface area contributed by atoms with Crippen LogP contribution >= 0.6 is 0 Å². The van der Waals surface area contributed by atoms with Crippen LogP contribution in [0.3, 0.4) is 0 Å². The first-order chi connectivity index (χ1) is 15.6. The van der Waals surface area contributed by atoms with Gasteiger partial charge in [0.15, 0.2) is 0 Å². The second-order valence-corrected chi connectivity index (χ2v) is 9.24. The second kappa shape index (κ2) is 10.1. The number of hydrogen-bond donors (Lipinski definition) is 1. The molecule has 1 amide bonds. The Bertz CT molecular complexity index is 1010. The number of piperidine rings is 1. The van der Waals surface area contributed by atoms with Gasteiger partial charge in [0.2, 0.25) is 5.91 Å². The van der Waals surface area contributed by atoms with E-state index < -0.39 is 0 Å². The van der Waals surface area contributed by atoms with Crippen LogP contribution in [0.15, 0.2) is 79.1 Å². The SMILES string of the molecule is CC(C)NC(=O)C1(Cc2ccccc2-c2ccccc2)CCN(Cc2ccncc2)CC1. The summed E-state index contributed by atoms with van der Waals surface area (Å²) in [5, 5.41) is 3.23. The Labute approximate surface area is 191 Å². The van der Waals surface area contributed by atoms with Crippen molar-refractivity contribution in [1.29, 1.82) is 0 Å². The average molecular weight is 428 g/mol. The lowest BCUT2D eigenvalue weighted by Gasteiger charge is -2.41. The van der Waals surface area contributed by atoms with Crippen LogP contribution in [0.2, 0.25) is 0 Å². The zero-order valence-corrected chi connectivity index (χ0v) is 19.1. The minimum Gasteiger partial charge on any atom is -0.353 e. The first-order valence-electron chi connectivity index (χ1n) is 11.6. The van der Waals surface area contributed by atoms with Gasteiger partial charge in [-0.25, -0.2) is 0 Å². The molecule has 1 fully saturated rings. The molecule has 0 spiro atoms. The molecule has 0 radical (unpaired) electrons. The van der Waals surface area contributed by atoms with E-state index in [2.05, 4.69) is 75.9 Å². The highest BCUT2D eigenvalue weighted by Crippen LogP contribution is 2.38. The third-order valence-corrected chi connectivity index (χ3v) is 6.50. The number of amides is 1. The van der Waals surface area contributed by atoms with Gasteiger partial charge in [-0.15, -0.1) is 0 Å². The fourth-order valence-corrected chi connectivity index (χ4v) is 4.72. The van der Waals surface area contributed by atoms with Crippen molar-refractivity contribution < 1.29 is 4.79 Å². The molecule has 2 heterocycles. The fourth-order valence-electron chi connectivity index (χ4n) is 4.72. The van der Waals surface area contributed by atoms with Gasteiger partial charge < -0.3 is 5.32 Å². The molecule has 4 heteroatoms. The van der Waals surface area contributed by atoms with Crippen molar-refractivity contribution in [3.8, 4) is 11.1 Å². The number of pyridine rings is 1. The lowest BCUT2D eigenvalue weighted by atomic mass is 9.71. The zero-order chi connectivity index (χ0) is 22.4. The van der Waals surface area contributed by atoms with Gasteiger partial charge in [-0.2, -0.15) is 0 Å². The molecule has 0 atom stereocenters. The molecular weight excluding hydrogens is 394 g/mol. The molecule has 32 heavy (non-hydrogen) atoms. The Hall–Kier alpha value is -2.98. The molecule has 0 bridgehead atoms. The van der Waals surface area contributed by atoms with E-state index in [0.717, 1.165) is 38.9 Å². The van der Waals surface area contributed by atoms with Crippen LogP contribution in [-0.2, 0) is 17.8 Å². The van der Waals surface area contributed by atoms with Crippen molar-refractivity contribution in [2.45, 2.75) is 45.7 Å². The highest BCUT2D eigenvalue weighted by Gasteiger charge is 2.42. The smallest absolute Gasteiger partial charge is 0.226 e. The molecule has 3 aromatic rings. The predicted molar refractivity (Wildman–Crippen MR) is 130 cm³/mol. The summed E-state index contributed by atoms with van der Waals surface area (Å²) in [5.74, 6) is 0.193. The lowest BCUT2D eigenvalue weighted by Crippen LogP contribution is -2.51. The van der Waals surface area contributed by atoms with Gasteiger partial charge in [0.25, 0.3) is 0 Å². The monoisotopic (exact) mass is 427 g/mol. The van der Waals surface area contributed by atoms with E-state index in [1.807, 2.05) is 32.3 Å². The summed E-state index contributed by atoms with van der Waals surface area (Å²) >= 11 is 0. The van der Waals surface area contributed by atoms with Crippen LogP contribution in [0.4, 0.5) is 0 Å². The molecule has 4 rings (SSSR count). The van der Waals surface area contributed by atoms with E-state index in [4.69, 9.17) is 0 Å². The highest BCUT2D eigenvalue weighted by molar-refractivity contribution is 5.84. The molecule has 1 saturated heterocycles. The zero-order valence-electron chi connectivity index (χ0n) is 19.1. The number of nitrogens with zero attached hydrogens (tertiary/aromatic N) is 2. The van der Waals surface area contributed by atoms with E-state index in [1.165, 1.54) is 22.3 Å². The van der Waals surface area contributed by atoms with Crippen LogP contribution in [0, 0.1) is 5.41 Å². The van der Waals surface area contributed by atoms with Gasteiger partial charge in [-0.05, 0) is 80.6 Å². The van der Waals surface area contributed by atoms with E-state index in [1.54, 1.807) is 0 Å². The third kappa shape index (κ3) is 5.25. The van der Waals surface area contributed by atoms with Gasteiger partial charge in [0.05, 0.1) is 5.41 Å². The average Bonchev–Trinajstić information content (AvgIpc) is 2.81. The van der Waals surface area contributed by atoms with Crippen LogP contribution in [0.5, 0.6) is 0 Å². The van der Waals surface area contributed by atoms with Crippen molar-refractivity contribution in [2.24, 2.45) is 5.41 Å². The number of rotatable bonds is 7. The van der Waals surface area contributed by atoms with E-state index in [9.17, 15) is 4.79 Å². The predicted octanol–water partition coefficient (Wildman–Crippen LogP) is 5.10. The maximum Gasteiger partial charge on any atom is 0.226 e. The summed E-state index contributed by atoms with van der Waals surface area (Å²) in [5.41, 5.74) is 4.57. The summed E-state index contributed by atoms with van der Waals surface area (Å²) < 4.78 is 0. The Balaban J connectivity index is 1.57. The standard InChI is InChI=1S/C28H33N3O/c1-22(2)30-27(32)28(14-18-31(19-15-28)21-23-12-16-29-17-13-23)20-25-10-6-7-11-26(25)24-8-4-3-5-9-24/h3-13,16-17,22H,14-15,18-21H2,1-2H3,(H,30,32). The molecule has 0 aliphatic carbocycles. The second-order valence-electron chi connectivity index (χ2n) is 9.24. The Kier molecular flexibility index (Phi) is 7.01. The molecule has 1 aromatic heterocycles. The van der Waals surface area contributed by atoms with Gasteiger partial charge >= 0.3 is 0 Å². The Morgan fingerprint density at radius 1 is 0.969 bits per heavy atom. The molecule has 1 aliphatic rings. The van der Waals surface area contributed by atoms with Crippen molar-refractivity contribution in [2.75, 3.05) is 13.1 Å². The van der Waals surface area contributed by atoms with Crippen LogP contribution in [-0.4, -0.2) is 34.9 Å². The molecule has 0 unspecified atom stereocenters. The van der Waals surface area contributed by atoms with Crippen LogP contribution in [0.25, 0.3) is 11.1 Å². The topological polar surface area (TPSA) is 45.2 Å². The Morgan fingerprint density at radius 2 is 1.62 bits per heavy atom. The molecule has 2 aromatic carbocycles. The van der Waals surface area contributed by atoms with Gasteiger partial charge in [0.1, 0.15) is 0 Å². The number of likely N-dealkylation sites (tertiary alicyclic amines) is 1. The number of carbonyl (C=O) groups excluding carboxylic acids is 1. The van der Waals surface area contributed by atoms with Crippen molar-refractivity contribution in [3.05, 3.63) is 90.3 Å². The van der Waals surface area contributed by atoms with Gasteiger partial charge in [-0.1, -0.05) is 54.6 Å². The molecule has 1 N–H and O–H groups in total. The van der Waals surface area contributed by atoms with Crippen LogP contribution in [0.1, 0.15) is 37.8 Å². The maximum atomic E-state index is 13.5. The van der Waals surface area contributed by atoms with Crippen molar-refractivity contribution in [1.82, 2.24) is 15.2 Å². The number of benzene rings is 2. The highest BCUT2D eigenvalue weighted by atomic mass is 16.2. The summed E-state index contributed by atoms with van der Waals surface area (Å²) in [7, 11) is 0. The van der Waals surface area contributed by atoms with Gasteiger partial charge in [0, 0.05) is 25.0 Å². The third-order valence-electron chi connectivity index (χ3n) is 6.50. The van der Waals surface area contributed by atoms with E-state index in [0.29, 0.717) is 0 Å². The Morgan fingerprint density at radius 3 is 2.31 bits per heavy atom. The molecule has 1 aliphatic heterocycles. The summed E-state index contributed by atoms with van der Waals surface area (Å²) in [6.07, 6.45) is 6.18. The normalized spacial score (nSPS) is 16.1. The molecule has 166 valence electrons. The van der Waals surface area contributed by atoms with E-state index >= 15 is 0 Å². The first-order valence-corrected chi connectivity index (χ1v) is 11.6. The quantitative estimate of drug-likeness (QED) is 0.571. The summed E-state index contributed by atoms with van der Waals surface area (Å²) in [6, 6.07) is 23.3. The largest absolute Gasteiger partial charge is 0.353 e. The molecular formula is C28H33N3O. The molecule has 0 saturated carbocycles. The van der Waals surface area contributed by atoms with E-state index in [-0.39, 0.29) is 17.4 Å².